The van der Waals surface area contributed by atoms with Gasteiger partial charge >= 0.3 is 6.36 Å². The fourth-order valence-electron chi connectivity index (χ4n) is 8.70. The maximum Gasteiger partial charge on any atom is 0.573 e. The second-order valence-electron chi connectivity index (χ2n) is 17.4. The standard InChI is InChI=1S/C47H51F3N2O8Si/c1-9-21-52(22-10-2)38-33-25-31-24-32-34(58-47(48,49)50)23-28(3)40(56-26-29-17-13-11-14-18-29)36(32)39(53)35(31)42(54)46(33,60-61(7,8)45(4,5)6)43(55)37-41(38)59-51-44(37)57-27-30-19-15-12-16-20-30/h9-20,23,31,33,38,54H,1-2,21-22,24-27H2,3-8H3/t31-,33-,38-,46-/m0/s1. The molecule has 61 heavy (non-hydrogen) atoms. The van der Waals surface area contributed by atoms with Crippen molar-refractivity contribution in [3.63, 3.8) is 0 Å². The first-order chi connectivity index (χ1) is 28.8. The molecular formula is C47H51F3N2O8Si. The highest BCUT2D eigenvalue weighted by Crippen LogP contribution is 2.60. The minimum atomic E-state index is -5.08. The van der Waals surface area contributed by atoms with E-state index in [2.05, 4.69) is 23.1 Å². The number of halogens is 3. The van der Waals surface area contributed by atoms with Crippen molar-refractivity contribution in [3.8, 4) is 17.4 Å². The molecule has 14 heteroatoms. The Balaban J connectivity index is 1.48. The number of Topliss-reactive ketones (excluding diaryl/α,β-unsaturated/α-hetero) is 2. The van der Waals surface area contributed by atoms with Gasteiger partial charge in [-0.3, -0.25) is 14.5 Å². The van der Waals surface area contributed by atoms with E-state index in [1.54, 1.807) is 12.2 Å². The average Bonchev–Trinajstić information content (AvgIpc) is 3.61. The molecule has 0 bridgehead atoms. The van der Waals surface area contributed by atoms with Gasteiger partial charge in [0.05, 0.1) is 11.6 Å². The molecule has 0 aliphatic heterocycles. The third-order valence-electron chi connectivity index (χ3n) is 12.4. The molecule has 1 N–H and O–H groups in total. The number of alkyl halides is 3. The number of carbonyl (C=O) groups is 2. The number of benzene rings is 3. The molecule has 3 aliphatic carbocycles. The van der Waals surface area contributed by atoms with Crippen LogP contribution in [0.3, 0.4) is 0 Å². The number of carbonyl (C=O) groups excluding carboxylic acids is 2. The first-order valence-electron chi connectivity index (χ1n) is 20.3. The number of aliphatic hydroxyl groups excluding tert-OH is 1. The lowest BCUT2D eigenvalue weighted by atomic mass is 9.58. The maximum atomic E-state index is 15.8. The summed E-state index contributed by atoms with van der Waals surface area (Å²) >= 11 is 0. The third-order valence-corrected chi connectivity index (χ3v) is 16.9. The molecule has 1 aromatic heterocycles. The van der Waals surface area contributed by atoms with E-state index in [1.807, 2.05) is 99.4 Å². The van der Waals surface area contributed by atoms with Crippen LogP contribution in [0.2, 0.25) is 18.1 Å². The van der Waals surface area contributed by atoms with Crippen molar-refractivity contribution in [2.75, 3.05) is 13.1 Å². The number of hydrogen-bond donors (Lipinski definition) is 1. The van der Waals surface area contributed by atoms with E-state index in [9.17, 15) is 18.3 Å². The van der Waals surface area contributed by atoms with Gasteiger partial charge in [-0.2, -0.15) is 0 Å². The van der Waals surface area contributed by atoms with E-state index in [1.165, 1.54) is 13.0 Å². The lowest BCUT2D eigenvalue weighted by molar-refractivity contribution is -0.275. The number of aliphatic hydroxyl groups is 1. The smallest absolute Gasteiger partial charge is 0.508 e. The van der Waals surface area contributed by atoms with E-state index in [0.717, 1.165) is 11.1 Å². The van der Waals surface area contributed by atoms with Gasteiger partial charge in [0.15, 0.2) is 25.5 Å². The van der Waals surface area contributed by atoms with Gasteiger partial charge < -0.3 is 28.3 Å². The molecule has 0 fully saturated rings. The molecule has 0 saturated carbocycles. The fourth-order valence-corrected chi connectivity index (χ4v) is 10.1. The van der Waals surface area contributed by atoms with Gasteiger partial charge in [0.1, 0.15) is 36.0 Å². The van der Waals surface area contributed by atoms with Crippen LogP contribution < -0.4 is 14.2 Å². The highest BCUT2D eigenvalue weighted by Gasteiger charge is 2.67. The molecule has 7 rings (SSSR count). The summed E-state index contributed by atoms with van der Waals surface area (Å²) in [5, 5.41) is 16.9. The van der Waals surface area contributed by atoms with Crippen molar-refractivity contribution < 1.29 is 51.0 Å². The molecule has 10 nitrogen and oxygen atoms in total. The summed E-state index contributed by atoms with van der Waals surface area (Å²) in [5.41, 5.74) is -0.762. The number of fused-ring (bicyclic) bond motifs is 4. The summed E-state index contributed by atoms with van der Waals surface area (Å²) in [4.78, 5) is 33.0. The zero-order valence-electron chi connectivity index (χ0n) is 35.2. The highest BCUT2D eigenvalue weighted by molar-refractivity contribution is 6.74. The molecule has 322 valence electrons. The Labute approximate surface area is 354 Å². The SMILES string of the molecule is C=CCN(CC=C)[C@@H]1c2onc(OCc3ccccc3)c2C(=O)[C@@]2(O[Si](C)(C)C(C)(C)C)C(O)=C3C(=O)c4c(c(OC(F)(F)F)cc(C)c4OCc4ccccc4)C[C@H]3C[C@@H]12. The molecule has 3 aromatic carbocycles. The van der Waals surface area contributed by atoms with Gasteiger partial charge in [0.2, 0.25) is 5.78 Å². The lowest BCUT2D eigenvalue weighted by Gasteiger charge is -2.55. The molecule has 0 radical (unpaired) electrons. The summed E-state index contributed by atoms with van der Waals surface area (Å²) in [5.74, 6) is -4.34. The topological polar surface area (TPSA) is 121 Å². The zero-order valence-corrected chi connectivity index (χ0v) is 36.2. The maximum absolute atomic E-state index is 15.8. The Morgan fingerprint density at radius 1 is 0.951 bits per heavy atom. The first-order valence-corrected chi connectivity index (χ1v) is 23.2. The second-order valence-corrected chi connectivity index (χ2v) is 22.2. The first kappa shape index (κ1) is 43.6. The minimum absolute atomic E-state index is 0.000456. The van der Waals surface area contributed by atoms with Crippen LogP contribution in [0, 0.1) is 18.8 Å². The van der Waals surface area contributed by atoms with Crippen molar-refractivity contribution in [3.05, 3.63) is 143 Å². The van der Waals surface area contributed by atoms with Gasteiger partial charge in [-0.25, -0.2) is 0 Å². The van der Waals surface area contributed by atoms with Crippen LogP contribution >= 0.6 is 0 Å². The molecule has 4 atom stereocenters. The normalized spacial score (nSPS) is 21.3. The Kier molecular flexibility index (Phi) is 11.8. The van der Waals surface area contributed by atoms with Crippen LogP contribution in [0.15, 0.2) is 108 Å². The van der Waals surface area contributed by atoms with Gasteiger partial charge in [-0.1, -0.05) is 93.6 Å². The predicted octanol–water partition coefficient (Wildman–Crippen LogP) is 10.6. The van der Waals surface area contributed by atoms with E-state index in [-0.39, 0.29) is 84.4 Å². The highest BCUT2D eigenvalue weighted by atomic mass is 28.4. The van der Waals surface area contributed by atoms with Crippen molar-refractivity contribution >= 4 is 19.9 Å². The van der Waals surface area contributed by atoms with E-state index in [0.29, 0.717) is 0 Å². The van der Waals surface area contributed by atoms with E-state index in [4.69, 9.17) is 18.4 Å². The Morgan fingerprint density at radius 3 is 2.10 bits per heavy atom. The minimum Gasteiger partial charge on any atom is -0.508 e. The largest absolute Gasteiger partial charge is 0.573 e. The Morgan fingerprint density at radius 2 is 1.54 bits per heavy atom. The second kappa shape index (κ2) is 16.4. The number of hydrogen-bond acceptors (Lipinski definition) is 10. The van der Waals surface area contributed by atoms with Crippen molar-refractivity contribution in [2.24, 2.45) is 11.8 Å². The van der Waals surface area contributed by atoms with E-state index >= 15 is 9.59 Å². The van der Waals surface area contributed by atoms with Gasteiger partial charge in [-0.15, -0.1) is 26.3 Å². The number of ether oxygens (including phenoxy) is 3. The van der Waals surface area contributed by atoms with Crippen molar-refractivity contribution in [1.29, 1.82) is 0 Å². The number of aromatic nitrogens is 1. The van der Waals surface area contributed by atoms with Crippen LogP contribution in [-0.2, 0) is 24.1 Å². The van der Waals surface area contributed by atoms with Crippen LogP contribution in [0.1, 0.15) is 82.0 Å². The van der Waals surface area contributed by atoms with Crippen molar-refractivity contribution in [2.45, 2.75) is 89.9 Å². The molecule has 3 aliphatic rings. The summed E-state index contributed by atoms with van der Waals surface area (Å²) < 4.78 is 72.6. The van der Waals surface area contributed by atoms with Crippen LogP contribution in [0.4, 0.5) is 13.2 Å². The lowest BCUT2D eigenvalue weighted by Crippen LogP contribution is -2.65. The Bertz CT molecular complexity index is 2360. The number of ketones is 2. The molecule has 4 aromatic rings. The summed E-state index contributed by atoms with van der Waals surface area (Å²) in [6, 6.07) is 18.8. The third kappa shape index (κ3) is 7.96. The van der Waals surface area contributed by atoms with Gasteiger partial charge in [-0.05, 0) is 71.7 Å². The zero-order chi connectivity index (χ0) is 44.1. The van der Waals surface area contributed by atoms with Crippen molar-refractivity contribution in [1.82, 2.24) is 10.1 Å². The monoisotopic (exact) mass is 856 g/mol. The van der Waals surface area contributed by atoms with Crippen LogP contribution in [-0.4, -0.2) is 60.1 Å². The quantitative estimate of drug-likeness (QED) is 0.0969. The molecular weight excluding hydrogens is 806 g/mol. The van der Waals surface area contributed by atoms with Crippen LogP contribution in [0.5, 0.6) is 17.4 Å². The molecule has 0 saturated heterocycles. The van der Waals surface area contributed by atoms with Gasteiger partial charge in [0, 0.05) is 30.1 Å². The number of aryl methyl sites for hydroxylation is 1. The number of allylic oxidation sites excluding steroid dienone is 1. The molecule has 0 amide bonds. The Hall–Kier alpha value is -5.44. The number of nitrogens with zero attached hydrogens (tertiary/aromatic N) is 2. The van der Waals surface area contributed by atoms with E-state index < -0.39 is 66.3 Å². The molecule has 0 unspecified atom stereocenters. The number of rotatable bonds is 14. The summed E-state index contributed by atoms with van der Waals surface area (Å²) in [6.07, 6.45) is -1.85. The predicted molar refractivity (Wildman–Crippen MR) is 225 cm³/mol. The van der Waals surface area contributed by atoms with Gasteiger partial charge in [0.25, 0.3) is 5.88 Å². The fraction of sp³-hybridized carbons (Fsp3) is 0.383. The molecule has 0 spiro atoms. The average molecular weight is 857 g/mol. The molecule has 1 heterocycles. The van der Waals surface area contributed by atoms with Crippen LogP contribution in [0.25, 0.3) is 0 Å². The summed E-state index contributed by atoms with van der Waals surface area (Å²) in [6.45, 7) is 19.9. The summed E-state index contributed by atoms with van der Waals surface area (Å²) in [7, 11) is -3.09.